The van der Waals surface area contributed by atoms with Crippen molar-refractivity contribution in [1.29, 1.82) is 0 Å². The van der Waals surface area contributed by atoms with E-state index in [9.17, 15) is 4.79 Å². The smallest absolute Gasteiger partial charge is 0.339 e. The quantitative estimate of drug-likeness (QED) is 0.426. The highest BCUT2D eigenvalue weighted by atomic mass is 16.5. The predicted molar refractivity (Wildman–Crippen MR) is 78.1 cm³/mol. The lowest BCUT2D eigenvalue weighted by Crippen LogP contribution is -2.05. The highest BCUT2D eigenvalue weighted by Gasteiger charge is 2.05. The summed E-state index contributed by atoms with van der Waals surface area (Å²) >= 11 is 0. The second-order valence-electron chi connectivity index (χ2n) is 4.38. The Morgan fingerprint density at radius 1 is 1.20 bits per heavy atom. The molecule has 108 valence electrons. The van der Waals surface area contributed by atoms with E-state index in [4.69, 9.17) is 21.6 Å². The lowest BCUT2D eigenvalue weighted by Gasteiger charge is -2.05. The molecule has 20 heavy (non-hydrogen) atoms. The van der Waals surface area contributed by atoms with E-state index in [0.717, 1.165) is 38.0 Å². The maximum atomic E-state index is 11.5. The van der Waals surface area contributed by atoms with Crippen LogP contribution < -0.4 is 5.73 Å². The molecule has 0 aromatic heterocycles. The van der Waals surface area contributed by atoms with Crippen molar-refractivity contribution in [3.8, 4) is 12.3 Å². The van der Waals surface area contributed by atoms with Crippen LogP contribution in [0.25, 0.3) is 0 Å². The summed E-state index contributed by atoms with van der Waals surface area (Å²) in [5, 5.41) is 0. The molecule has 0 unspecified atom stereocenters. The molecule has 1 rings (SSSR count). The number of carbonyl (C=O) groups is 1. The third kappa shape index (κ3) is 6.37. The first-order valence-electron chi connectivity index (χ1n) is 6.75. The van der Waals surface area contributed by atoms with Crippen molar-refractivity contribution in [2.24, 2.45) is 5.73 Å². The van der Waals surface area contributed by atoms with Crippen LogP contribution in [0.4, 0.5) is 0 Å². The minimum Gasteiger partial charge on any atom is -0.449 e. The summed E-state index contributed by atoms with van der Waals surface area (Å²) in [6.45, 7) is 2.00. The van der Waals surface area contributed by atoms with Crippen LogP contribution in [0.2, 0.25) is 0 Å². The number of terminal acetylenes is 1. The first-order valence-corrected chi connectivity index (χ1v) is 6.75. The van der Waals surface area contributed by atoms with Crippen molar-refractivity contribution < 1.29 is 14.3 Å². The minimum atomic E-state index is -0.405. The van der Waals surface area contributed by atoms with E-state index < -0.39 is 5.97 Å². The number of carbonyl (C=O) groups excluding carboxylic acids is 1. The van der Waals surface area contributed by atoms with E-state index in [2.05, 4.69) is 5.92 Å². The van der Waals surface area contributed by atoms with Gasteiger partial charge in [0.05, 0.1) is 12.2 Å². The molecule has 1 aromatic rings. The highest BCUT2D eigenvalue weighted by Crippen LogP contribution is 2.08. The third-order valence-corrected chi connectivity index (χ3v) is 2.74. The van der Waals surface area contributed by atoms with Gasteiger partial charge < -0.3 is 15.2 Å². The number of unbranched alkanes of at least 4 members (excludes halogenated alkanes) is 2. The molecule has 4 heteroatoms. The van der Waals surface area contributed by atoms with Crippen LogP contribution in [-0.2, 0) is 16.1 Å². The van der Waals surface area contributed by atoms with E-state index in [-0.39, 0.29) is 6.61 Å². The van der Waals surface area contributed by atoms with Crippen molar-refractivity contribution in [2.75, 3.05) is 19.8 Å². The lowest BCUT2D eigenvalue weighted by atomic mass is 10.1. The standard InChI is InChI=1S/C16H21NO3/c1-2-11-20-16(18)15-8-6-14(7-9-15)13-19-12-5-3-4-10-17/h1,6-9H,3-5,10-13,17H2. The molecule has 0 spiro atoms. The van der Waals surface area contributed by atoms with Gasteiger partial charge in [0.15, 0.2) is 6.61 Å². The largest absolute Gasteiger partial charge is 0.449 e. The average molecular weight is 275 g/mol. The molecule has 0 radical (unpaired) electrons. The summed E-state index contributed by atoms with van der Waals surface area (Å²) in [6.07, 6.45) is 8.18. The van der Waals surface area contributed by atoms with Gasteiger partial charge in [-0.1, -0.05) is 18.1 Å². The fourth-order valence-corrected chi connectivity index (χ4v) is 1.64. The molecule has 0 aliphatic carbocycles. The van der Waals surface area contributed by atoms with Crippen LogP contribution >= 0.6 is 0 Å². The minimum absolute atomic E-state index is 0.00744. The molecule has 0 atom stereocenters. The van der Waals surface area contributed by atoms with Crippen molar-refractivity contribution in [2.45, 2.75) is 25.9 Å². The van der Waals surface area contributed by atoms with Crippen molar-refractivity contribution in [3.05, 3.63) is 35.4 Å². The second-order valence-corrected chi connectivity index (χ2v) is 4.38. The topological polar surface area (TPSA) is 61.5 Å². The molecule has 2 N–H and O–H groups in total. The Morgan fingerprint density at radius 2 is 1.95 bits per heavy atom. The Bertz CT molecular complexity index is 434. The van der Waals surface area contributed by atoms with Crippen molar-refractivity contribution in [1.82, 2.24) is 0 Å². The number of rotatable bonds is 9. The third-order valence-electron chi connectivity index (χ3n) is 2.74. The van der Waals surface area contributed by atoms with E-state index >= 15 is 0 Å². The van der Waals surface area contributed by atoms with E-state index in [1.54, 1.807) is 12.1 Å². The van der Waals surface area contributed by atoms with Gasteiger partial charge in [0.25, 0.3) is 0 Å². The lowest BCUT2D eigenvalue weighted by molar-refractivity contribution is 0.0556. The zero-order valence-electron chi connectivity index (χ0n) is 11.6. The maximum Gasteiger partial charge on any atom is 0.339 e. The monoisotopic (exact) mass is 275 g/mol. The Kier molecular flexibility index (Phi) is 8.13. The number of benzene rings is 1. The fourth-order valence-electron chi connectivity index (χ4n) is 1.64. The van der Waals surface area contributed by atoms with Gasteiger partial charge in [-0.25, -0.2) is 4.79 Å². The van der Waals surface area contributed by atoms with Gasteiger partial charge in [0.2, 0.25) is 0 Å². The normalized spacial score (nSPS) is 10.0. The summed E-state index contributed by atoms with van der Waals surface area (Å²) in [6, 6.07) is 7.14. The molecule has 0 bridgehead atoms. The van der Waals surface area contributed by atoms with Gasteiger partial charge >= 0.3 is 5.97 Å². The van der Waals surface area contributed by atoms with E-state index in [1.165, 1.54) is 0 Å². The molecular weight excluding hydrogens is 254 g/mol. The summed E-state index contributed by atoms with van der Waals surface area (Å²) in [5.41, 5.74) is 6.93. The highest BCUT2D eigenvalue weighted by molar-refractivity contribution is 5.89. The summed E-state index contributed by atoms with van der Waals surface area (Å²) < 4.78 is 10.4. The molecule has 0 heterocycles. The summed E-state index contributed by atoms with van der Waals surface area (Å²) in [4.78, 5) is 11.5. The van der Waals surface area contributed by atoms with Gasteiger partial charge in [-0.3, -0.25) is 0 Å². The molecule has 0 saturated carbocycles. The van der Waals surface area contributed by atoms with Crippen LogP contribution in [0, 0.1) is 12.3 Å². The Balaban J connectivity index is 2.28. The first-order chi connectivity index (χ1) is 9.77. The summed E-state index contributed by atoms with van der Waals surface area (Å²) in [7, 11) is 0. The zero-order chi connectivity index (χ0) is 14.6. The molecule has 0 aliphatic heterocycles. The molecule has 0 fully saturated rings. The predicted octanol–water partition coefficient (Wildman–Crippen LogP) is 2.12. The average Bonchev–Trinajstić information content (AvgIpc) is 2.49. The molecular formula is C16H21NO3. The van der Waals surface area contributed by atoms with Gasteiger partial charge in [-0.15, -0.1) is 6.42 Å². The van der Waals surface area contributed by atoms with E-state index in [1.807, 2.05) is 12.1 Å². The van der Waals surface area contributed by atoms with E-state index in [0.29, 0.717) is 12.2 Å². The Labute approximate surface area is 120 Å². The van der Waals surface area contributed by atoms with Crippen LogP contribution in [0.15, 0.2) is 24.3 Å². The molecule has 0 saturated heterocycles. The molecule has 1 aromatic carbocycles. The fraction of sp³-hybridized carbons (Fsp3) is 0.438. The molecule has 0 aliphatic rings. The SMILES string of the molecule is C#CCOC(=O)c1ccc(COCCCCCN)cc1. The van der Waals surface area contributed by atoms with Crippen LogP contribution in [0.1, 0.15) is 35.2 Å². The number of esters is 1. The molecule has 4 nitrogen and oxygen atoms in total. The zero-order valence-corrected chi connectivity index (χ0v) is 11.6. The number of nitrogens with two attached hydrogens (primary N) is 1. The van der Waals surface area contributed by atoms with Gasteiger partial charge in [-0.05, 0) is 43.5 Å². The Hall–Kier alpha value is -1.83. The number of hydrogen-bond donors (Lipinski definition) is 1. The van der Waals surface area contributed by atoms with Gasteiger partial charge in [-0.2, -0.15) is 0 Å². The summed E-state index contributed by atoms with van der Waals surface area (Å²) in [5.74, 6) is 1.85. The van der Waals surface area contributed by atoms with Crippen LogP contribution in [-0.4, -0.2) is 25.7 Å². The van der Waals surface area contributed by atoms with Crippen molar-refractivity contribution >= 4 is 5.97 Å². The Morgan fingerprint density at radius 3 is 2.60 bits per heavy atom. The number of hydrogen-bond acceptors (Lipinski definition) is 4. The van der Waals surface area contributed by atoms with Gasteiger partial charge in [0.1, 0.15) is 0 Å². The van der Waals surface area contributed by atoms with Gasteiger partial charge in [0, 0.05) is 6.61 Å². The maximum absolute atomic E-state index is 11.5. The molecule has 0 amide bonds. The van der Waals surface area contributed by atoms with Crippen LogP contribution in [0.5, 0.6) is 0 Å². The number of ether oxygens (including phenoxy) is 2. The second kappa shape index (κ2) is 10.0. The van der Waals surface area contributed by atoms with Crippen molar-refractivity contribution in [3.63, 3.8) is 0 Å². The van der Waals surface area contributed by atoms with Crippen LogP contribution in [0.3, 0.4) is 0 Å². The first kappa shape index (κ1) is 16.2.